The standard InChI is InChI=1S/C24H24N4O4S3/c1-4-20(29)28-7-5-16(12-28)26-23(31)17-10-19(14(2)9-18(17)32-3)34-21-11-25-24(35-21)27-22(30)15-6-8-33-13-15/h4,6,8-11,13,16H,1,5,7,12H2,2-3H3,(H,26,31)(H,25,27,30)/t16-/m1/s1. The highest BCUT2D eigenvalue weighted by molar-refractivity contribution is 8.01. The summed E-state index contributed by atoms with van der Waals surface area (Å²) in [6.45, 7) is 6.50. The zero-order valence-electron chi connectivity index (χ0n) is 19.2. The zero-order chi connectivity index (χ0) is 24.9. The van der Waals surface area contributed by atoms with Crippen molar-refractivity contribution >= 4 is 57.3 Å². The minimum absolute atomic E-state index is 0.135. The average molecular weight is 529 g/mol. The van der Waals surface area contributed by atoms with Gasteiger partial charge in [0.1, 0.15) is 5.75 Å². The Labute approximate surface area is 215 Å². The third kappa shape index (κ3) is 5.92. The fourth-order valence-corrected chi connectivity index (χ4v) is 6.20. The molecule has 2 N–H and O–H groups in total. The number of ether oxygens (including phenoxy) is 1. The van der Waals surface area contributed by atoms with Gasteiger partial charge in [0.2, 0.25) is 5.91 Å². The molecule has 0 saturated carbocycles. The third-order valence-electron chi connectivity index (χ3n) is 5.45. The van der Waals surface area contributed by atoms with Crippen LogP contribution in [-0.4, -0.2) is 53.8 Å². The van der Waals surface area contributed by atoms with Crippen molar-refractivity contribution in [1.82, 2.24) is 15.2 Å². The number of aromatic nitrogens is 1. The SMILES string of the molecule is C=CC(=O)N1CC[C@@H](NC(=O)c2cc(Sc3cnc(NC(=O)c4ccsc4)s3)c(C)cc2OC)C1. The largest absolute Gasteiger partial charge is 0.496 e. The molecule has 1 saturated heterocycles. The van der Waals surface area contributed by atoms with Gasteiger partial charge in [0.25, 0.3) is 11.8 Å². The first-order chi connectivity index (χ1) is 16.9. The molecule has 0 unspecified atom stereocenters. The van der Waals surface area contributed by atoms with E-state index in [0.717, 1.165) is 14.7 Å². The molecule has 0 radical (unpaired) electrons. The van der Waals surface area contributed by atoms with Crippen molar-refractivity contribution in [2.45, 2.75) is 28.5 Å². The summed E-state index contributed by atoms with van der Waals surface area (Å²) in [4.78, 5) is 44.1. The first kappa shape index (κ1) is 25.0. The maximum atomic E-state index is 13.1. The van der Waals surface area contributed by atoms with Crippen molar-refractivity contribution in [3.63, 3.8) is 0 Å². The second-order valence-electron chi connectivity index (χ2n) is 7.82. The average Bonchev–Trinajstić information content (AvgIpc) is 3.62. The van der Waals surface area contributed by atoms with Crippen molar-refractivity contribution in [2.24, 2.45) is 0 Å². The van der Waals surface area contributed by atoms with Gasteiger partial charge in [0, 0.05) is 29.4 Å². The quantitative estimate of drug-likeness (QED) is 0.419. The number of rotatable bonds is 8. The number of anilines is 1. The fourth-order valence-electron chi connectivity index (χ4n) is 3.62. The predicted octanol–water partition coefficient (Wildman–Crippen LogP) is 4.44. The Bertz CT molecular complexity index is 1260. The number of nitrogens with one attached hydrogen (secondary N) is 2. The second kappa shape index (κ2) is 11.1. The highest BCUT2D eigenvalue weighted by Crippen LogP contribution is 2.38. The van der Waals surface area contributed by atoms with Crippen molar-refractivity contribution in [3.05, 3.63) is 64.5 Å². The lowest BCUT2D eigenvalue weighted by Gasteiger charge is -2.17. The van der Waals surface area contributed by atoms with Gasteiger partial charge in [-0.05, 0) is 48.6 Å². The molecular formula is C24H24N4O4S3. The first-order valence-corrected chi connectivity index (χ1v) is 13.3. The molecule has 3 amide bonds. The number of methoxy groups -OCH3 is 1. The molecule has 1 aliphatic heterocycles. The number of carbonyl (C=O) groups is 3. The van der Waals surface area contributed by atoms with E-state index in [1.54, 1.807) is 28.6 Å². The summed E-state index contributed by atoms with van der Waals surface area (Å²) in [5.74, 6) is -0.107. The van der Waals surface area contributed by atoms with Crippen LogP contribution in [0.2, 0.25) is 0 Å². The molecule has 1 aromatic carbocycles. The summed E-state index contributed by atoms with van der Waals surface area (Å²) in [6.07, 6.45) is 3.67. The highest BCUT2D eigenvalue weighted by atomic mass is 32.2. The highest BCUT2D eigenvalue weighted by Gasteiger charge is 2.27. The van der Waals surface area contributed by atoms with Gasteiger partial charge in [-0.3, -0.25) is 19.7 Å². The fraction of sp³-hybridized carbons (Fsp3) is 0.250. The Balaban J connectivity index is 1.46. The maximum Gasteiger partial charge on any atom is 0.258 e. The molecule has 182 valence electrons. The van der Waals surface area contributed by atoms with Gasteiger partial charge in [0.05, 0.1) is 28.6 Å². The van der Waals surface area contributed by atoms with Gasteiger partial charge < -0.3 is 15.0 Å². The lowest BCUT2D eigenvalue weighted by molar-refractivity contribution is -0.125. The van der Waals surface area contributed by atoms with Crippen LogP contribution in [-0.2, 0) is 4.79 Å². The van der Waals surface area contributed by atoms with Gasteiger partial charge in [-0.2, -0.15) is 11.3 Å². The lowest BCUT2D eigenvalue weighted by atomic mass is 10.1. The topological polar surface area (TPSA) is 101 Å². The summed E-state index contributed by atoms with van der Waals surface area (Å²) in [7, 11) is 1.53. The number of thiophene rings is 1. The van der Waals surface area contributed by atoms with Crippen molar-refractivity contribution in [3.8, 4) is 5.75 Å². The summed E-state index contributed by atoms with van der Waals surface area (Å²) in [6, 6.07) is 5.26. The third-order valence-corrected chi connectivity index (χ3v) is 8.31. The molecule has 2 aromatic heterocycles. The van der Waals surface area contributed by atoms with Crippen molar-refractivity contribution in [2.75, 3.05) is 25.5 Å². The number of thiazole rings is 1. The molecule has 11 heteroatoms. The van der Waals surface area contributed by atoms with E-state index in [4.69, 9.17) is 4.74 Å². The van der Waals surface area contributed by atoms with Crippen LogP contribution in [0.25, 0.3) is 0 Å². The number of amides is 3. The molecule has 0 aliphatic carbocycles. The van der Waals surface area contributed by atoms with Gasteiger partial charge in [-0.1, -0.05) is 29.7 Å². The van der Waals surface area contributed by atoms with Crippen LogP contribution in [0.4, 0.5) is 5.13 Å². The maximum absolute atomic E-state index is 13.1. The van der Waals surface area contributed by atoms with E-state index in [1.807, 2.05) is 18.4 Å². The van der Waals surface area contributed by atoms with E-state index in [2.05, 4.69) is 22.2 Å². The molecule has 8 nitrogen and oxygen atoms in total. The summed E-state index contributed by atoms with van der Waals surface area (Å²) < 4.78 is 6.35. The Morgan fingerprint density at radius 1 is 1.31 bits per heavy atom. The summed E-state index contributed by atoms with van der Waals surface area (Å²) in [5.41, 5.74) is 1.97. The van der Waals surface area contributed by atoms with Crippen LogP contribution < -0.4 is 15.4 Å². The minimum atomic E-state index is -0.255. The Kier molecular flexibility index (Phi) is 7.89. The molecule has 0 bridgehead atoms. The van der Waals surface area contributed by atoms with Gasteiger partial charge >= 0.3 is 0 Å². The van der Waals surface area contributed by atoms with Gasteiger partial charge in [-0.25, -0.2) is 4.98 Å². The normalized spacial score (nSPS) is 15.0. The number of hydrogen-bond donors (Lipinski definition) is 2. The monoisotopic (exact) mass is 528 g/mol. The molecule has 3 heterocycles. The molecule has 4 rings (SSSR count). The minimum Gasteiger partial charge on any atom is -0.496 e. The van der Waals surface area contributed by atoms with Crippen LogP contribution in [0.3, 0.4) is 0 Å². The number of aryl methyl sites for hydroxylation is 1. The summed E-state index contributed by atoms with van der Waals surface area (Å²) in [5, 5.41) is 9.97. The van der Waals surface area contributed by atoms with E-state index < -0.39 is 0 Å². The molecule has 3 aromatic rings. The number of likely N-dealkylation sites (tertiary alicyclic amines) is 1. The lowest BCUT2D eigenvalue weighted by Crippen LogP contribution is -2.38. The molecule has 1 fully saturated rings. The molecular weight excluding hydrogens is 504 g/mol. The predicted molar refractivity (Wildman–Crippen MR) is 139 cm³/mol. The smallest absolute Gasteiger partial charge is 0.258 e. The van der Waals surface area contributed by atoms with E-state index in [0.29, 0.717) is 41.5 Å². The second-order valence-corrected chi connectivity index (χ2v) is 11.0. The van der Waals surface area contributed by atoms with Crippen LogP contribution in [0.1, 0.15) is 32.7 Å². The number of benzene rings is 1. The van der Waals surface area contributed by atoms with E-state index >= 15 is 0 Å². The summed E-state index contributed by atoms with van der Waals surface area (Å²) >= 11 is 4.29. The van der Waals surface area contributed by atoms with Crippen LogP contribution in [0.5, 0.6) is 5.75 Å². The van der Waals surface area contributed by atoms with Crippen LogP contribution >= 0.6 is 34.4 Å². The Hall–Kier alpha value is -3.15. The molecule has 0 spiro atoms. The zero-order valence-corrected chi connectivity index (χ0v) is 21.6. The van der Waals surface area contributed by atoms with Crippen LogP contribution in [0.15, 0.2) is 56.9 Å². The van der Waals surface area contributed by atoms with Gasteiger partial charge in [-0.15, -0.1) is 0 Å². The number of nitrogens with zero attached hydrogens (tertiary/aromatic N) is 2. The first-order valence-electron chi connectivity index (χ1n) is 10.8. The van der Waals surface area contributed by atoms with E-state index in [9.17, 15) is 14.4 Å². The van der Waals surface area contributed by atoms with Crippen LogP contribution in [0, 0.1) is 6.92 Å². The molecule has 1 aliphatic rings. The van der Waals surface area contributed by atoms with E-state index in [-0.39, 0.29) is 23.8 Å². The van der Waals surface area contributed by atoms with Crippen molar-refractivity contribution in [1.29, 1.82) is 0 Å². The van der Waals surface area contributed by atoms with Crippen molar-refractivity contribution < 1.29 is 19.1 Å². The Morgan fingerprint density at radius 2 is 2.14 bits per heavy atom. The van der Waals surface area contributed by atoms with E-state index in [1.165, 1.54) is 47.6 Å². The molecule has 1 atom stereocenters. The Morgan fingerprint density at radius 3 is 2.86 bits per heavy atom. The number of hydrogen-bond acceptors (Lipinski definition) is 8. The number of carbonyl (C=O) groups excluding carboxylic acids is 3. The van der Waals surface area contributed by atoms with Gasteiger partial charge in [0.15, 0.2) is 5.13 Å². The molecule has 35 heavy (non-hydrogen) atoms.